The summed E-state index contributed by atoms with van der Waals surface area (Å²) in [6.45, 7) is 11.3. The van der Waals surface area contributed by atoms with Crippen LogP contribution in [0.25, 0.3) is 0 Å². The number of ether oxygens (including phenoxy) is 3. The van der Waals surface area contributed by atoms with Crippen molar-refractivity contribution >= 4 is 17.9 Å². The van der Waals surface area contributed by atoms with E-state index in [0.29, 0.717) is 19.3 Å². The monoisotopic (exact) mass is 807 g/mol. The lowest BCUT2D eigenvalue weighted by molar-refractivity contribution is -0.167. The highest BCUT2D eigenvalue weighted by Crippen LogP contribution is 2.17. The average molecular weight is 807 g/mol. The minimum atomic E-state index is -0.760. The first-order valence-electron chi connectivity index (χ1n) is 25.2. The molecule has 1 atom stereocenters. The topological polar surface area (TPSA) is 78.9 Å². The summed E-state index contributed by atoms with van der Waals surface area (Å²) in [5.74, 6) is 0.804. The predicted molar refractivity (Wildman–Crippen MR) is 243 cm³/mol. The van der Waals surface area contributed by atoms with E-state index in [-0.39, 0.29) is 31.1 Å². The third-order valence-corrected chi connectivity index (χ3v) is 11.5. The second-order valence-corrected chi connectivity index (χ2v) is 18.4. The van der Waals surface area contributed by atoms with E-state index >= 15 is 0 Å². The molecule has 0 aliphatic carbocycles. The lowest BCUT2D eigenvalue weighted by atomic mass is 10.0. The van der Waals surface area contributed by atoms with E-state index in [1.807, 2.05) is 0 Å². The van der Waals surface area contributed by atoms with Gasteiger partial charge in [-0.3, -0.25) is 14.4 Å². The number of esters is 3. The van der Waals surface area contributed by atoms with E-state index in [9.17, 15) is 14.4 Å². The molecule has 0 radical (unpaired) electrons. The molecule has 6 nitrogen and oxygen atoms in total. The van der Waals surface area contributed by atoms with E-state index in [2.05, 4.69) is 34.6 Å². The molecule has 0 spiro atoms. The zero-order chi connectivity index (χ0) is 41.9. The number of hydrogen-bond donors (Lipinski definition) is 0. The van der Waals surface area contributed by atoms with Crippen LogP contribution in [0.5, 0.6) is 0 Å². The summed E-state index contributed by atoms with van der Waals surface area (Å²) in [7, 11) is 0. The highest BCUT2D eigenvalue weighted by Gasteiger charge is 2.19. The van der Waals surface area contributed by atoms with E-state index < -0.39 is 6.10 Å². The van der Waals surface area contributed by atoms with E-state index in [1.54, 1.807) is 0 Å². The summed E-state index contributed by atoms with van der Waals surface area (Å²) in [5, 5.41) is 0. The molecule has 0 aromatic rings. The van der Waals surface area contributed by atoms with Gasteiger partial charge in [0.15, 0.2) is 6.10 Å². The molecule has 0 aliphatic heterocycles. The molecular weight excluding hydrogens is 709 g/mol. The standard InChI is InChI=1S/C51H98O6/c1-6-7-8-9-10-19-28-33-38-43-51(54)57-48(45-56-50(53)42-37-32-27-23-18-21-25-30-35-40-47(4)5)44-55-49(52)41-36-31-26-22-17-15-13-11-12-14-16-20-24-29-34-39-46(2)3/h46-48H,6-45H2,1-5H3/t48-/m1/s1. The van der Waals surface area contributed by atoms with Gasteiger partial charge in [-0.15, -0.1) is 0 Å². The Morgan fingerprint density at radius 1 is 0.333 bits per heavy atom. The van der Waals surface area contributed by atoms with Gasteiger partial charge in [-0.25, -0.2) is 0 Å². The molecule has 0 bridgehead atoms. The second-order valence-electron chi connectivity index (χ2n) is 18.4. The Hall–Kier alpha value is -1.59. The Kier molecular flexibility index (Phi) is 42.7. The summed E-state index contributed by atoms with van der Waals surface area (Å²) in [5.41, 5.74) is 0. The van der Waals surface area contributed by atoms with E-state index in [4.69, 9.17) is 14.2 Å². The number of carbonyl (C=O) groups excluding carboxylic acids is 3. The molecule has 57 heavy (non-hydrogen) atoms. The fraction of sp³-hybridized carbons (Fsp3) is 0.941. The maximum atomic E-state index is 12.7. The van der Waals surface area contributed by atoms with Crippen molar-refractivity contribution in [3.05, 3.63) is 0 Å². The molecule has 0 amide bonds. The van der Waals surface area contributed by atoms with Crippen molar-refractivity contribution < 1.29 is 28.6 Å². The lowest BCUT2D eigenvalue weighted by Gasteiger charge is -2.18. The van der Waals surface area contributed by atoms with E-state index in [0.717, 1.165) is 69.6 Å². The number of carbonyl (C=O) groups is 3. The highest BCUT2D eigenvalue weighted by atomic mass is 16.6. The van der Waals surface area contributed by atoms with Gasteiger partial charge in [0.25, 0.3) is 0 Å². The molecule has 0 unspecified atom stereocenters. The predicted octanol–water partition coefficient (Wildman–Crippen LogP) is 16.1. The molecule has 0 saturated carbocycles. The van der Waals surface area contributed by atoms with Gasteiger partial charge in [0.05, 0.1) is 0 Å². The van der Waals surface area contributed by atoms with Crippen LogP contribution in [0.3, 0.4) is 0 Å². The molecule has 0 aliphatic rings. The molecule has 0 fully saturated rings. The molecule has 0 aromatic carbocycles. The van der Waals surface area contributed by atoms with Crippen molar-refractivity contribution in [3.8, 4) is 0 Å². The Bertz CT molecular complexity index is 870. The molecule has 0 aromatic heterocycles. The fourth-order valence-corrected chi connectivity index (χ4v) is 7.64. The van der Waals surface area contributed by atoms with Crippen molar-refractivity contribution in [1.82, 2.24) is 0 Å². The normalized spacial score (nSPS) is 12.1. The Morgan fingerprint density at radius 3 is 0.860 bits per heavy atom. The number of unbranched alkanes of at least 4 members (excludes halogenated alkanes) is 30. The molecule has 0 N–H and O–H groups in total. The summed E-state index contributed by atoms with van der Waals surface area (Å²) >= 11 is 0. The van der Waals surface area contributed by atoms with Crippen LogP contribution in [0.15, 0.2) is 0 Å². The van der Waals surface area contributed by atoms with Crippen molar-refractivity contribution in [1.29, 1.82) is 0 Å². The van der Waals surface area contributed by atoms with Gasteiger partial charge in [-0.1, -0.05) is 240 Å². The van der Waals surface area contributed by atoms with Crippen LogP contribution in [0.4, 0.5) is 0 Å². The van der Waals surface area contributed by atoms with Crippen LogP contribution in [-0.2, 0) is 28.6 Å². The Labute approximate surface area is 355 Å². The van der Waals surface area contributed by atoms with Crippen LogP contribution in [0.2, 0.25) is 0 Å². The van der Waals surface area contributed by atoms with Crippen molar-refractivity contribution in [2.24, 2.45) is 11.8 Å². The summed E-state index contributed by atoms with van der Waals surface area (Å²) < 4.78 is 16.8. The van der Waals surface area contributed by atoms with Gasteiger partial charge in [0.2, 0.25) is 0 Å². The van der Waals surface area contributed by atoms with Gasteiger partial charge in [0, 0.05) is 19.3 Å². The van der Waals surface area contributed by atoms with Gasteiger partial charge < -0.3 is 14.2 Å². The smallest absolute Gasteiger partial charge is 0.306 e. The summed E-state index contributed by atoms with van der Waals surface area (Å²) in [6, 6.07) is 0. The number of hydrogen-bond acceptors (Lipinski definition) is 6. The highest BCUT2D eigenvalue weighted by molar-refractivity contribution is 5.71. The average Bonchev–Trinajstić information content (AvgIpc) is 3.18. The van der Waals surface area contributed by atoms with Gasteiger partial charge in [-0.05, 0) is 31.1 Å². The third-order valence-electron chi connectivity index (χ3n) is 11.5. The number of rotatable bonds is 45. The Morgan fingerprint density at radius 2 is 0.579 bits per heavy atom. The molecule has 0 saturated heterocycles. The fourth-order valence-electron chi connectivity index (χ4n) is 7.64. The van der Waals surface area contributed by atoms with Crippen LogP contribution >= 0.6 is 0 Å². The molecular formula is C51H98O6. The van der Waals surface area contributed by atoms with Crippen molar-refractivity contribution in [2.45, 2.75) is 285 Å². The summed E-state index contributed by atoms with van der Waals surface area (Å²) in [6.07, 6.45) is 43.8. The van der Waals surface area contributed by atoms with Gasteiger partial charge >= 0.3 is 17.9 Å². The lowest BCUT2D eigenvalue weighted by Crippen LogP contribution is -2.30. The third kappa shape index (κ3) is 45.3. The molecule has 0 heterocycles. The second kappa shape index (κ2) is 44.0. The van der Waals surface area contributed by atoms with Gasteiger partial charge in [0.1, 0.15) is 13.2 Å². The molecule has 338 valence electrons. The van der Waals surface area contributed by atoms with Crippen molar-refractivity contribution in [3.63, 3.8) is 0 Å². The summed E-state index contributed by atoms with van der Waals surface area (Å²) in [4.78, 5) is 37.8. The zero-order valence-corrected chi connectivity index (χ0v) is 39.0. The van der Waals surface area contributed by atoms with Gasteiger partial charge in [-0.2, -0.15) is 0 Å². The zero-order valence-electron chi connectivity index (χ0n) is 39.0. The van der Waals surface area contributed by atoms with Crippen LogP contribution in [-0.4, -0.2) is 37.2 Å². The van der Waals surface area contributed by atoms with Crippen LogP contribution in [0.1, 0.15) is 279 Å². The van der Waals surface area contributed by atoms with Crippen LogP contribution in [0, 0.1) is 11.8 Å². The van der Waals surface area contributed by atoms with E-state index in [1.165, 1.54) is 167 Å². The molecule has 6 heteroatoms. The quantitative estimate of drug-likeness (QED) is 0.0346. The Balaban J connectivity index is 4.22. The van der Waals surface area contributed by atoms with Crippen molar-refractivity contribution in [2.75, 3.05) is 13.2 Å². The largest absolute Gasteiger partial charge is 0.462 e. The first-order chi connectivity index (χ1) is 27.7. The SMILES string of the molecule is CCCCCCCCCCCC(=O)O[C@H](COC(=O)CCCCCCCCCCCCCCCCCC(C)C)COC(=O)CCCCCCCCCCCC(C)C. The molecule has 0 rings (SSSR count). The minimum absolute atomic E-state index is 0.0641. The first kappa shape index (κ1) is 55.4. The van der Waals surface area contributed by atoms with Crippen LogP contribution < -0.4 is 0 Å². The maximum absolute atomic E-state index is 12.7. The maximum Gasteiger partial charge on any atom is 0.306 e. The first-order valence-corrected chi connectivity index (χ1v) is 25.2. The minimum Gasteiger partial charge on any atom is -0.462 e.